The molecule has 0 bridgehead atoms. The highest BCUT2D eigenvalue weighted by Gasteiger charge is 2.27. The Morgan fingerprint density at radius 1 is 1.38 bits per heavy atom. The number of rotatable bonds is 2. The van der Waals surface area contributed by atoms with Gasteiger partial charge in [0.15, 0.2) is 0 Å². The molecule has 1 heterocycles. The van der Waals surface area contributed by atoms with Crippen molar-refractivity contribution in [3.8, 4) is 0 Å². The number of hydrogen-bond acceptors (Lipinski definition) is 2. The summed E-state index contributed by atoms with van der Waals surface area (Å²) in [6.45, 7) is 4.71. The molecule has 3 atom stereocenters. The van der Waals surface area contributed by atoms with E-state index in [0.29, 0.717) is 6.04 Å². The van der Waals surface area contributed by atoms with E-state index in [1.54, 1.807) is 0 Å². The van der Waals surface area contributed by atoms with Crippen molar-refractivity contribution in [2.24, 2.45) is 11.8 Å². The third-order valence-electron chi connectivity index (χ3n) is 3.81. The molecule has 0 radical (unpaired) electrons. The third-order valence-corrected chi connectivity index (χ3v) is 4.44. The number of nitrogens with one attached hydrogen (secondary N) is 1. The van der Waals surface area contributed by atoms with Crippen LogP contribution in [-0.2, 0) is 0 Å². The minimum Gasteiger partial charge on any atom is -0.380 e. The second-order valence-corrected chi connectivity index (χ2v) is 5.61. The Labute approximate surface area is 106 Å². The van der Waals surface area contributed by atoms with Crippen LogP contribution in [0.2, 0.25) is 0 Å². The summed E-state index contributed by atoms with van der Waals surface area (Å²) in [6, 6.07) is 4.65. The molecule has 1 aliphatic carbocycles. The fraction of sp³-hybridized carbons (Fsp3) is 0.615. The molecule has 1 aliphatic rings. The fourth-order valence-corrected chi connectivity index (χ4v) is 2.84. The lowest BCUT2D eigenvalue weighted by molar-refractivity contribution is 0.253. The Kier molecular flexibility index (Phi) is 3.85. The van der Waals surface area contributed by atoms with E-state index < -0.39 is 0 Å². The summed E-state index contributed by atoms with van der Waals surface area (Å²) in [5.74, 6) is 1.56. The Balaban J connectivity index is 2.06. The summed E-state index contributed by atoms with van der Waals surface area (Å²) >= 11 is 3.48. The van der Waals surface area contributed by atoms with E-state index in [-0.39, 0.29) is 0 Å². The molecule has 0 saturated heterocycles. The highest BCUT2D eigenvalue weighted by molar-refractivity contribution is 9.10. The molecule has 88 valence electrons. The molecule has 1 saturated carbocycles. The van der Waals surface area contributed by atoms with Gasteiger partial charge in [-0.1, -0.05) is 26.7 Å². The molecule has 0 spiro atoms. The molecule has 0 aliphatic heterocycles. The molecule has 0 aromatic carbocycles. The van der Waals surface area contributed by atoms with Crippen molar-refractivity contribution in [3.05, 3.63) is 22.9 Å². The van der Waals surface area contributed by atoms with Crippen LogP contribution in [0.5, 0.6) is 0 Å². The molecule has 3 unspecified atom stereocenters. The number of pyridine rings is 1. The van der Waals surface area contributed by atoms with Gasteiger partial charge in [-0.25, -0.2) is 4.98 Å². The van der Waals surface area contributed by atoms with E-state index in [0.717, 1.165) is 22.1 Å². The van der Waals surface area contributed by atoms with Crippen LogP contribution in [0.1, 0.15) is 33.1 Å². The van der Waals surface area contributed by atoms with Crippen LogP contribution in [-0.4, -0.2) is 11.0 Å². The lowest BCUT2D eigenvalue weighted by Gasteiger charge is -2.35. The van der Waals surface area contributed by atoms with Crippen LogP contribution in [0.4, 0.5) is 5.69 Å². The van der Waals surface area contributed by atoms with Crippen LogP contribution in [0.3, 0.4) is 0 Å². The number of anilines is 1. The number of nitrogens with zero attached hydrogens (tertiary/aromatic N) is 1. The second kappa shape index (κ2) is 5.17. The van der Waals surface area contributed by atoms with Crippen molar-refractivity contribution in [1.82, 2.24) is 4.98 Å². The van der Waals surface area contributed by atoms with Crippen LogP contribution >= 0.6 is 15.9 Å². The van der Waals surface area contributed by atoms with Crippen molar-refractivity contribution in [3.63, 3.8) is 0 Å². The summed E-state index contributed by atoms with van der Waals surface area (Å²) in [4.78, 5) is 4.24. The quantitative estimate of drug-likeness (QED) is 0.827. The first kappa shape index (κ1) is 11.9. The molecular formula is C13H19BrN2. The van der Waals surface area contributed by atoms with Crippen molar-refractivity contribution < 1.29 is 0 Å². The van der Waals surface area contributed by atoms with Gasteiger partial charge in [-0.2, -0.15) is 0 Å². The largest absolute Gasteiger partial charge is 0.380 e. The van der Waals surface area contributed by atoms with Crippen LogP contribution < -0.4 is 5.32 Å². The molecule has 3 heteroatoms. The zero-order valence-corrected chi connectivity index (χ0v) is 11.5. The molecule has 1 N–H and O–H groups in total. The maximum atomic E-state index is 4.24. The van der Waals surface area contributed by atoms with E-state index in [2.05, 4.69) is 46.1 Å². The van der Waals surface area contributed by atoms with E-state index in [1.165, 1.54) is 19.3 Å². The lowest BCUT2D eigenvalue weighted by atomic mass is 9.78. The van der Waals surface area contributed by atoms with Gasteiger partial charge >= 0.3 is 0 Å². The summed E-state index contributed by atoms with van der Waals surface area (Å²) in [5, 5.41) is 3.62. The first-order valence-corrected chi connectivity index (χ1v) is 6.85. The van der Waals surface area contributed by atoms with Gasteiger partial charge in [0.25, 0.3) is 0 Å². The highest BCUT2D eigenvalue weighted by Crippen LogP contribution is 2.32. The van der Waals surface area contributed by atoms with Crippen molar-refractivity contribution >= 4 is 21.6 Å². The summed E-state index contributed by atoms with van der Waals surface area (Å²) < 4.78 is 0.917. The summed E-state index contributed by atoms with van der Waals surface area (Å²) in [7, 11) is 0. The van der Waals surface area contributed by atoms with Gasteiger partial charge in [0.05, 0.1) is 5.69 Å². The van der Waals surface area contributed by atoms with Gasteiger partial charge in [0.1, 0.15) is 4.60 Å². The molecule has 16 heavy (non-hydrogen) atoms. The van der Waals surface area contributed by atoms with Crippen molar-refractivity contribution in [2.45, 2.75) is 39.2 Å². The third kappa shape index (κ3) is 2.57. The zero-order valence-electron chi connectivity index (χ0n) is 9.91. The molecule has 1 fully saturated rings. The second-order valence-electron chi connectivity index (χ2n) is 4.86. The van der Waals surface area contributed by atoms with Gasteiger partial charge in [-0.3, -0.25) is 0 Å². The maximum Gasteiger partial charge on any atom is 0.129 e. The van der Waals surface area contributed by atoms with E-state index >= 15 is 0 Å². The standard InChI is InChI=1S/C13H19BrN2/c1-9-5-3-6-11(10(9)2)16-12-7-4-8-15-13(12)14/h4,7-11,16H,3,5-6H2,1-2H3. The van der Waals surface area contributed by atoms with Crippen molar-refractivity contribution in [2.75, 3.05) is 5.32 Å². The van der Waals surface area contributed by atoms with Gasteiger partial charge in [-0.05, 0) is 46.3 Å². The number of halogens is 1. The van der Waals surface area contributed by atoms with Crippen LogP contribution in [0.25, 0.3) is 0 Å². The average molecular weight is 283 g/mol. The Morgan fingerprint density at radius 2 is 2.19 bits per heavy atom. The predicted molar refractivity (Wildman–Crippen MR) is 71.5 cm³/mol. The zero-order chi connectivity index (χ0) is 11.5. The SMILES string of the molecule is CC1CCCC(Nc2cccnc2Br)C1C. The predicted octanol–water partition coefficient (Wildman–Crippen LogP) is 4.08. The van der Waals surface area contributed by atoms with Gasteiger partial charge in [0.2, 0.25) is 0 Å². The molecular weight excluding hydrogens is 264 g/mol. The van der Waals surface area contributed by atoms with E-state index in [4.69, 9.17) is 0 Å². The van der Waals surface area contributed by atoms with Gasteiger partial charge < -0.3 is 5.32 Å². The molecule has 1 aromatic rings. The first-order chi connectivity index (χ1) is 7.68. The number of aromatic nitrogens is 1. The molecule has 2 nitrogen and oxygen atoms in total. The highest BCUT2D eigenvalue weighted by atomic mass is 79.9. The maximum absolute atomic E-state index is 4.24. The number of hydrogen-bond donors (Lipinski definition) is 1. The first-order valence-electron chi connectivity index (χ1n) is 6.05. The van der Waals surface area contributed by atoms with Gasteiger partial charge in [0, 0.05) is 12.2 Å². The minimum absolute atomic E-state index is 0.587. The van der Waals surface area contributed by atoms with E-state index in [1.807, 2.05) is 12.3 Å². The Bertz CT molecular complexity index is 354. The fourth-order valence-electron chi connectivity index (χ4n) is 2.48. The minimum atomic E-state index is 0.587. The van der Waals surface area contributed by atoms with Crippen LogP contribution in [0, 0.1) is 11.8 Å². The molecule has 2 rings (SSSR count). The van der Waals surface area contributed by atoms with Crippen LogP contribution in [0.15, 0.2) is 22.9 Å². The summed E-state index contributed by atoms with van der Waals surface area (Å²) in [6.07, 6.45) is 5.78. The Morgan fingerprint density at radius 3 is 2.94 bits per heavy atom. The summed E-state index contributed by atoms with van der Waals surface area (Å²) in [5.41, 5.74) is 1.12. The Hall–Kier alpha value is -0.570. The lowest BCUT2D eigenvalue weighted by Crippen LogP contribution is -2.35. The topological polar surface area (TPSA) is 24.9 Å². The smallest absolute Gasteiger partial charge is 0.129 e. The molecule has 0 amide bonds. The van der Waals surface area contributed by atoms with Gasteiger partial charge in [-0.15, -0.1) is 0 Å². The normalized spacial score (nSPS) is 30.1. The monoisotopic (exact) mass is 282 g/mol. The van der Waals surface area contributed by atoms with E-state index in [9.17, 15) is 0 Å². The molecule has 1 aromatic heterocycles. The average Bonchev–Trinajstić information content (AvgIpc) is 2.28. The van der Waals surface area contributed by atoms with Crippen molar-refractivity contribution in [1.29, 1.82) is 0 Å².